The Morgan fingerprint density at radius 2 is 1.94 bits per heavy atom. The number of rotatable bonds is 4. The standard InChI is InChI=1S/C12H21N3O/c1-8(2)14-12(16)10(5)11-6-13-15(7-11)9(3)4/h6-10H,1-5H3,(H,14,16). The SMILES string of the molecule is CC(C)NC(=O)C(C)c1cnn(C(C)C)c1. The Morgan fingerprint density at radius 1 is 1.31 bits per heavy atom. The summed E-state index contributed by atoms with van der Waals surface area (Å²) < 4.78 is 1.87. The summed E-state index contributed by atoms with van der Waals surface area (Å²) in [5.74, 6) is -0.0896. The van der Waals surface area contributed by atoms with Crippen LogP contribution in [0.3, 0.4) is 0 Å². The average molecular weight is 223 g/mol. The third-order valence-electron chi connectivity index (χ3n) is 2.47. The molecule has 0 saturated carbocycles. The van der Waals surface area contributed by atoms with Crippen LogP contribution in [0.25, 0.3) is 0 Å². The van der Waals surface area contributed by atoms with E-state index in [2.05, 4.69) is 24.3 Å². The number of hydrogen-bond donors (Lipinski definition) is 1. The second-order valence-electron chi connectivity index (χ2n) is 4.73. The lowest BCUT2D eigenvalue weighted by Crippen LogP contribution is -2.33. The van der Waals surface area contributed by atoms with Gasteiger partial charge < -0.3 is 5.32 Å². The molecule has 4 heteroatoms. The van der Waals surface area contributed by atoms with Crippen LogP contribution in [0.15, 0.2) is 12.4 Å². The number of nitrogens with zero attached hydrogens (tertiary/aromatic N) is 2. The van der Waals surface area contributed by atoms with Gasteiger partial charge in [-0.2, -0.15) is 5.10 Å². The summed E-state index contributed by atoms with van der Waals surface area (Å²) in [4.78, 5) is 11.8. The number of aromatic nitrogens is 2. The summed E-state index contributed by atoms with van der Waals surface area (Å²) in [5.41, 5.74) is 0.965. The van der Waals surface area contributed by atoms with Crippen molar-refractivity contribution in [3.63, 3.8) is 0 Å². The Bertz CT molecular complexity index is 355. The van der Waals surface area contributed by atoms with E-state index in [4.69, 9.17) is 0 Å². The lowest BCUT2D eigenvalue weighted by molar-refractivity contribution is -0.122. The van der Waals surface area contributed by atoms with Crippen molar-refractivity contribution in [3.05, 3.63) is 18.0 Å². The molecule has 1 heterocycles. The van der Waals surface area contributed by atoms with Crippen molar-refractivity contribution < 1.29 is 4.79 Å². The third-order valence-corrected chi connectivity index (χ3v) is 2.47. The van der Waals surface area contributed by atoms with Crippen LogP contribution in [0.4, 0.5) is 0 Å². The second kappa shape index (κ2) is 5.14. The molecular weight excluding hydrogens is 202 g/mol. The molecule has 1 atom stereocenters. The van der Waals surface area contributed by atoms with Gasteiger partial charge >= 0.3 is 0 Å². The highest BCUT2D eigenvalue weighted by Gasteiger charge is 2.17. The first-order valence-corrected chi connectivity index (χ1v) is 5.76. The molecule has 0 spiro atoms. The molecule has 90 valence electrons. The van der Waals surface area contributed by atoms with E-state index in [0.717, 1.165) is 5.56 Å². The Kier molecular flexibility index (Phi) is 4.10. The molecule has 1 N–H and O–H groups in total. The predicted octanol–water partition coefficient (Wildman–Crippen LogP) is 2.09. The minimum Gasteiger partial charge on any atom is -0.353 e. The molecule has 0 aromatic carbocycles. The quantitative estimate of drug-likeness (QED) is 0.849. The maximum absolute atomic E-state index is 11.8. The maximum Gasteiger partial charge on any atom is 0.227 e. The molecule has 16 heavy (non-hydrogen) atoms. The zero-order valence-corrected chi connectivity index (χ0v) is 10.7. The summed E-state index contributed by atoms with van der Waals surface area (Å²) >= 11 is 0. The molecule has 0 aliphatic rings. The van der Waals surface area contributed by atoms with Crippen LogP contribution in [0.2, 0.25) is 0 Å². The van der Waals surface area contributed by atoms with E-state index >= 15 is 0 Å². The van der Waals surface area contributed by atoms with Gasteiger partial charge in [0, 0.05) is 23.8 Å². The fraction of sp³-hybridized carbons (Fsp3) is 0.667. The van der Waals surface area contributed by atoms with Crippen LogP contribution in [0.5, 0.6) is 0 Å². The summed E-state index contributed by atoms with van der Waals surface area (Å²) in [6.07, 6.45) is 3.71. The van der Waals surface area contributed by atoms with Gasteiger partial charge in [-0.3, -0.25) is 9.48 Å². The smallest absolute Gasteiger partial charge is 0.227 e. The van der Waals surface area contributed by atoms with Gasteiger partial charge in [-0.05, 0) is 34.6 Å². The molecule has 1 aromatic heterocycles. The fourth-order valence-corrected chi connectivity index (χ4v) is 1.42. The Balaban J connectivity index is 2.72. The summed E-state index contributed by atoms with van der Waals surface area (Å²) in [7, 11) is 0. The third kappa shape index (κ3) is 3.08. The van der Waals surface area contributed by atoms with Crippen LogP contribution < -0.4 is 5.32 Å². The van der Waals surface area contributed by atoms with Gasteiger partial charge in [0.25, 0.3) is 0 Å². The van der Waals surface area contributed by atoms with Crippen LogP contribution in [-0.4, -0.2) is 21.7 Å². The number of hydrogen-bond acceptors (Lipinski definition) is 2. The van der Waals surface area contributed by atoms with Crippen molar-refractivity contribution in [3.8, 4) is 0 Å². The van der Waals surface area contributed by atoms with Gasteiger partial charge in [0.05, 0.1) is 12.1 Å². The molecule has 0 radical (unpaired) electrons. The first-order chi connectivity index (χ1) is 7.41. The zero-order chi connectivity index (χ0) is 12.3. The van der Waals surface area contributed by atoms with Crippen molar-refractivity contribution in [2.75, 3.05) is 0 Å². The maximum atomic E-state index is 11.8. The zero-order valence-electron chi connectivity index (χ0n) is 10.7. The molecule has 1 aromatic rings. The van der Waals surface area contributed by atoms with Crippen molar-refractivity contribution in [2.45, 2.75) is 52.6 Å². The van der Waals surface area contributed by atoms with E-state index in [9.17, 15) is 4.79 Å². The molecule has 0 aliphatic heterocycles. The van der Waals surface area contributed by atoms with Crippen LogP contribution in [-0.2, 0) is 4.79 Å². The lowest BCUT2D eigenvalue weighted by Gasteiger charge is -2.13. The minimum atomic E-state index is -0.144. The summed E-state index contributed by atoms with van der Waals surface area (Å²) in [6.45, 7) is 9.95. The van der Waals surface area contributed by atoms with E-state index in [1.54, 1.807) is 6.20 Å². The van der Waals surface area contributed by atoms with Crippen molar-refractivity contribution in [1.29, 1.82) is 0 Å². The normalized spacial score (nSPS) is 13.2. The van der Waals surface area contributed by atoms with Gasteiger partial charge in [0.15, 0.2) is 0 Å². The van der Waals surface area contributed by atoms with Crippen LogP contribution in [0, 0.1) is 0 Å². The Hall–Kier alpha value is -1.32. The summed E-state index contributed by atoms with van der Waals surface area (Å²) in [5, 5.41) is 7.14. The van der Waals surface area contributed by atoms with Gasteiger partial charge in [-0.15, -0.1) is 0 Å². The summed E-state index contributed by atoms with van der Waals surface area (Å²) in [6, 6.07) is 0.504. The molecule has 1 amide bonds. The topological polar surface area (TPSA) is 46.9 Å². The van der Waals surface area contributed by atoms with Gasteiger partial charge in [0.2, 0.25) is 5.91 Å². The number of carbonyl (C=O) groups excluding carboxylic acids is 1. The van der Waals surface area contributed by atoms with Gasteiger partial charge in [-0.1, -0.05) is 0 Å². The first-order valence-electron chi connectivity index (χ1n) is 5.76. The van der Waals surface area contributed by atoms with Crippen molar-refractivity contribution in [1.82, 2.24) is 15.1 Å². The molecule has 0 fully saturated rings. The highest BCUT2D eigenvalue weighted by atomic mass is 16.1. The minimum absolute atomic E-state index is 0.0540. The highest BCUT2D eigenvalue weighted by Crippen LogP contribution is 2.16. The number of carbonyl (C=O) groups is 1. The van der Waals surface area contributed by atoms with Crippen molar-refractivity contribution >= 4 is 5.91 Å². The van der Waals surface area contributed by atoms with Gasteiger partial charge in [0.1, 0.15) is 0 Å². The van der Waals surface area contributed by atoms with E-state index in [-0.39, 0.29) is 17.9 Å². The molecule has 1 rings (SSSR count). The fourth-order valence-electron chi connectivity index (χ4n) is 1.42. The molecular formula is C12H21N3O. The largest absolute Gasteiger partial charge is 0.353 e. The van der Waals surface area contributed by atoms with E-state index in [0.29, 0.717) is 6.04 Å². The number of amides is 1. The van der Waals surface area contributed by atoms with Crippen LogP contribution in [0.1, 0.15) is 52.1 Å². The highest BCUT2D eigenvalue weighted by molar-refractivity contribution is 5.83. The average Bonchev–Trinajstić information content (AvgIpc) is 2.64. The first kappa shape index (κ1) is 12.7. The lowest BCUT2D eigenvalue weighted by atomic mass is 10.0. The Morgan fingerprint density at radius 3 is 2.38 bits per heavy atom. The monoisotopic (exact) mass is 223 g/mol. The molecule has 0 saturated heterocycles. The van der Waals surface area contributed by atoms with Gasteiger partial charge in [-0.25, -0.2) is 0 Å². The van der Waals surface area contributed by atoms with E-state index in [1.807, 2.05) is 31.6 Å². The van der Waals surface area contributed by atoms with E-state index in [1.165, 1.54) is 0 Å². The predicted molar refractivity (Wildman–Crippen MR) is 64.3 cm³/mol. The second-order valence-corrected chi connectivity index (χ2v) is 4.73. The number of nitrogens with one attached hydrogen (secondary N) is 1. The molecule has 4 nitrogen and oxygen atoms in total. The van der Waals surface area contributed by atoms with E-state index < -0.39 is 0 Å². The molecule has 1 unspecified atom stereocenters. The van der Waals surface area contributed by atoms with Crippen molar-refractivity contribution in [2.24, 2.45) is 0 Å². The Labute approximate surface area is 97.0 Å². The molecule has 0 aliphatic carbocycles. The van der Waals surface area contributed by atoms with Crippen LogP contribution >= 0.6 is 0 Å². The molecule has 0 bridgehead atoms.